The lowest BCUT2D eigenvalue weighted by molar-refractivity contribution is 0.569. The second-order valence-corrected chi connectivity index (χ2v) is 2.44. The molecule has 0 saturated heterocycles. The fourth-order valence-electron chi connectivity index (χ4n) is 1.24. The minimum Gasteiger partial charge on any atom is -0.233 e. The van der Waals surface area contributed by atoms with Gasteiger partial charge in [-0.15, -0.1) is 0 Å². The molecule has 0 aromatic heterocycles. The Balaban J connectivity index is 2.72. The molecule has 0 amide bonds. The van der Waals surface area contributed by atoms with E-state index in [0.717, 1.165) is 11.1 Å². The summed E-state index contributed by atoms with van der Waals surface area (Å²) in [4.78, 5) is 10.4. The van der Waals surface area contributed by atoms with Crippen molar-refractivity contribution >= 4 is 17.6 Å². The molecule has 0 unspecified atom stereocenters. The molecular formula is C10H6O. The molecular weight excluding hydrogens is 136 g/mol. The van der Waals surface area contributed by atoms with Crippen molar-refractivity contribution in [3.63, 3.8) is 0 Å². The van der Waals surface area contributed by atoms with Crippen LogP contribution in [0.5, 0.6) is 0 Å². The monoisotopic (exact) mass is 142 g/mol. The predicted molar refractivity (Wildman–Crippen MR) is 44.6 cm³/mol. The van der Waals surface area contributed by atoms with E-state index in [4.69, 9.17) is 0 Å². The van der Waals surface area contributed by atoms with Gasteiger partial charge in [0.25, 0.3) is 0 Å². The van der Waals surface area contributed by atoms with Crippen molar-refractivity contribution in [2.75, 3.05) is 0 Å². The number of hydrogen-bond donors (Lipinski definition) is 0. The first-order valence-electron chi connectivity index (χ1n) is 3.44. The molecule has 1 nitrogen and oxygen atoms in total. The lowest BCUT2D eigenvalue weighted by Crippen LogP contribution is -1.78. The van der Waals surface area contributed by atoms with Crippen LogP contribution < -0.4 is 0 Å². The van der Waals surface area contributed by atoms with Gasteiger partial charge in [-0.1, -0.05) is 30.3 Å². The van der Waals surface area contributed by atoms with Crippen LogP contribution in [0.2, 0.25) is 0 Å². The van der Waals surface area contributed by atoms with Gasteiger partial charge < -0.3 is 0 Å². The number of benzene rings is 1. The zero-order valence-electron chi connectivity index (χ0n) is 5.87. The van der Waals surface area contributed by atoms with Crippen molar-refractivity contribution in [3.05, 3.63) is 41.5 Å². The Morgan fingerprint density at radius 3 is 2.73 bits per heavy atom. The van der Waals surface area contributed by atoms with Gasteiger partial charge in [-0.3, -0.25) is 0 Å². The van der Waals surface area contributed by atoms with Crippen molar-refractivity contribution in [3.8, 4) is 0 Å². The molecule has 1 aromatic carbocycles. The van der Waals surface area contributed by atoms with Crippen molar-refractivity contribution in [2.24, 2.45) is 0 Å². The summed E-state index contributed by atoms with van der Waals surface area (Å²) >= 11 is 0. The summed E-state index contributed by atoms with van der Waals surface area (Å²) in [5, 5.41) is 0. The van der Waals surface area contributed by atoms with Crippen LogP contribution in [0, 0.1) is 0 Å². The third-order valence-corrected chi connectivity index (χ3v) is 1.79. The average Bonchev–Trinajstić information content (AvgIpc) is 2.47. The van der Waals surface area contributed by atoms with Gasteiger partial charge >= 0.3 is 0 Å². The second kappa shape index (κ2) is 2.22. The third kappa shape index (κ3) is 0.830. The molecule has 1 aliphatic rings. The van der Waals surface area contributed by atoms with Crippen molar-refractivity contribution in [1.82, 2.24) is 0 Å². The molecule has 11 heavy (non-hydrogen) atoms. The first-order valence-corrected chi connectivity index (χ1v) is 3.44. The van der Waals surface area contributed by atoms with E-state index in [2.05, 4.69) is 0 Å². The van der Waals surface area contributed by atoms with E-state index in [0.29, 0.717) is 5.57 Å². The Bertz CT molecular complexity index is 368. The third-order valence-electron chi connectivity index (χ3n) is 1.79. The summed E-state index contributed by atoms with van der Waals surface area (Å²) in [7, 11) is 0. The van der Waals surface area contributed by atoms with Gasteiger partial charge in [0.2, 0.25) is 0 Å². The van der Waals surface area contributed by atoms with E-state index in [1.54, 1.807) is 6.08 Å². The van der Waals surface area contributed by atoms with E-state index >= 15 is 0 Å². The average molecular weight is 142 g/mol. The zero-order chi connectivity index (χ0) is 7.68. The second-order valence-electron chi connectivity index (χ2n) is 2.44. The van der Waals surface area contributed by atoms with Gasteiger partial charge in [0.1, 0.15) is 5.94 Å². The summed E-state index contributed by atoms with van der Waals surface area (Å²) in [5.74, 6) is 1.90. The Morgan fingerprint density at radius 1 is 1.09 bits per heavy atom. The summed E-state index contributed by atoms with van der Waals surface area (Å²) in [6, 6.07) is 7.78. The van der Waals surface area contributed by atoms with E-state index in [1.807, 2.05) is 36.3 Å². The number of allylic oxidation sites excluding steroid dienone is 2. The minimum absolute atomic E-state index is 0.653. The summed E-state index contributed by atoms with van der Waals surface area (Å²) in [6.45, 7) is 0. The number of fused-ring (bicyclic) bond motifs is 1. The summed E-state index contributed by atoms with van der Waals surface area (Å²) < 4.78 is 0. The minimum atomic E-state index is 0.653. The van der Waals surface area contributed by atoms with Crippen LogP contribution in [0.3, 0.4) is 0 Å². The summed E-state index contributed by atoms with van der Waals surface area (Å²) in [5.41, 5.74) is 2.74. The van der Waals surface area contributed by atoms with E-state index in [9.17, 15) is 4.79 Å². The molecule has 0 bridgehead atoms. The van der Waals surface area contributed by atoms with Crippen LogP contribution in [0.15, 0.2) is 30.3 Å². The highest BCUT2D eigenvalue weighted by Crippen LogP contribution is 2.25. The SMILES string of the molecule is O=C=C1C=Cc2ccccc21. The maximum atomic E-state index is 10.4. The lowest BCUT2D eigenvalue weighted by atomic mass is 10.1. The fraction of sp³-hybridized carbons (Fsp3) is 0. The van der Waals surface area contributed by atoms with Gasteiger partial charge in [-0.25, -0.2) is 4.79 Å². The smallest absolute Gasteiger partial charge is 0.133 e. The molecule has 0 aliphatic heterocycles. The first-order chi connectivity index (χ1) is 5.42. The summed E-state index contributed by atoms with van der Waals surface area (Å²) in [6.07, 6.45) is 3.72. The molecule has 1 aliphatic carbocycles. The van der Waals surface area contributed by atoms with Crippen LogP contribution in [0.4, 0.5) is 0 Å². The Kier molecular flexibility index (Phi) is 1.24. The molecule has 52 valence electrons. The Labute approximate surface area is 64.7 Å². The molecule has 0 heterocycles. The number of carbonyl (C=O) groups excluding carboxylic acids is 1. The fourth-order valence-corrected chi connectivity index (χ4v) is 1.24. The lowest BCUT2D eigenvalue weighted by Gasteiger charge is -1.94. The van der Waals surface area contributed by atoms with Crippen LogP contribution in [-0.2, 0) is 4.79 Å². The number of rotatable bonds is 0. The topological polar surface area (TPSA) is 17.1 Å². The normalized spacial score (nSPS) is 12.9. The van der Waals surface area contributed by atoms with Crippen LogP contribution >= 0.6 is 0 Å². The Hall–Kier alpha value is -1.59. The molecule has 0 spiro atoms. The van der Waals surface area contributed by atoms with Gasteiger partial charge in [-0.05, 0) is 17.2 Å². The maximum Gasteiger partial charge on any atom is 0.133 e. The zero-order valence-corrected chi connectivity index (χ0v) is 5.87. The van der Waals surface area contributed by atoms with E-state index < -0.39 is 0 Å². The molecule has 0 N–H and O–H groups in total. The predicted octanol–water partition coefficient (Wildman–Crippen LogP) is 1.93. The van der Waals surface area contributed by atoms with Gasteiger partial charge in [0, 0.05) is 0 Å². The molecule has 2 rings (SSSR count). The standard InChI is InChI=1S/C10H6O/c11-7-9-6-5-8-3-1-2-4-10(8)9/h1-6H. The van der Waals surface area contributed by atoms with E-state index in [-0.39, 0.29) is 0 Å². The molecule has 0 fully saturated rings. The Morgan fingerprint density at radius 2 is 1.91 bits per heavy atom. The van der Waals surface area contributed by atoms with Crippen LogP contribution in [0.25, 0.3) is 11.6 Å². The molecule has 0 radical (unpaired) electrons. The molecule has 1 heteroatoms. The van der Waals surface area contributed by atoms with Gasteiger partial charge in [0.05, 0.1) is 5.57 Å². The van der Waals surface area contributed by atoms with E-state index in [1.165, 1.54) is 0 Å². The van der Waals surface area contributed by atoms with Crippen LogP contribution in [0.1, 0.15) is 11.1 Å². The maximum absolute atomic E-state index is 10.4. The molecule has 1 aromatic rings. The number of hydrogen-bond acceptors (Lipinski definition) is 1. The van der Waals surface area contributed by atoms with Crippen molar-refractivity contribution < 1.29 is 4.79 Å². The largest absolute Gasteiger partial charge is 0.233 e. The highest BCUT2D eigenvalue weighted by Gasteiger charge is 2.08. The van der Waals surface area contributed by atoms with Gasteiger partial charge in [0.15, 0.2) is 0 Å². The molecule has 0 atom stereocenters. The quantitative estimate of drug-likeness (QED) is 0.506. The highest BCUT2D eigenvalue weighted by molar-refractivity contribution is 6.01. The van der Waals surface area contributed by atoms with Crippen molar-refractivity contribution in [1.29, 1.82) is 0 Å². The van der Waals surface area contributed by atoms with Crippen LogP contribution in [-0.4, -0.2) is 5.94 Å². The van der Waals surface area contributed by atoms with Crippen molar-refractivity contribution in [2.45, 2.75) is 0 Å². The highest BCUT2D eigenvalue weighted by atomic mass is 16.1. The molecule has 0 saturated carbocycles. The first kappa shape index (κ1) is 6.14. The van der Waals surface area contributed by atoms with Gasteiger partial charge in [-0.2, -0.15) is 0 Å².